The van der Waals surface area contributed by atoms with Crippen LogP contribution in [0.25, 0.3) is 0 Å². The number of para-hydroxylation sites is 1. The first-order valence-electron chi connectivity index (χ1n) is 6.21. The summed E-state index contributed by atoms with van der Waals surface area (Å²) < 4.78 is 39.7. The van der Waals surface area contributed by atoms with E-state index in [1.54, 1.807) is 0 Å². The Balaban J connectivity index is 2.50. The zero-order chi connectivity index (χ0) is 15.6. The van der Waals surface area contributed by atoms with E-state index in [2.05, 4.69) is 0 Å². The second-order valence-corrected chi connectivity index (χ2v) is 6.46. The van der Waals surface area contributed by atoms with E-state index in [4.69, 9.17) is 5.26 Å². The van der Waals surface area contributed by atoms with Crippen molar-refractivity contribution in [2.75, 3.05) is 6.54 Å². The van der Waals surface area contributed by atoms with Crippen LogP contribution < -0.4 is 0 Å². The summed E-state index contributed by atoms with van der Waals surface area (Å²) in [5.41, 5.74) is -1.06. The first-order chi connectivity index (χ1) is 9.89. The van der Waals surface area contributed by atoms with Crippen LogP contribution in [0, 0.1) is 27.3 Å². The van der Waals surface area contributed by atoms with Gasteiger partial charge in [0.15, 0.2) is 4.90 Å². The van der Waals surface area contributed by atoms with Crippen molar-refractivity contribution in [1.29, 1.82) is 5.26 Å². The number of rotatable bonds is 6. The fourth-order valence-corrected chi connectivity index (χ4v) is 3.88. The Bertz CT molecular complexity index is 710. The zero-order valence-corrected chi connectivity index (χ0v) is 11.7. The maximum Gasteiger partial charge on any atom is 0.324 e. The molecule has 0 N–H and O–H groups in total. The molecule has 0 aliphatic heterocycles. The third-order valence-electron chi connectivity index (χ3n) is 3.12. The van der Waals surface area contributed by atoms with Crippen LogP contribution in [-0.2, 0) is 10.0 Å². The number of hydrogen-bond acceptors (Lipinski definition) is 5. The van der Waals surface area contributed by atoms with E-state index in [9.17, 15) is 22.9 Å². The summed E-state index contributed by atoms with van der Waals surface area (Å²) in [6, 6.07) is 4.54. The van der Waals surface area contributed by atoms with Crippen molar-refractivity contribution in [3.05, 3.63) is 34.1 Å². The molecule has 1 aromatic carbocycles. The summed E-state index contributed by atoms with van der Waals surface area (Å²) in [5, 5.41) is 19.5. The molecule has 2 rings (SSSR count). The van der Waals surface area contributed by atoms with Crippen molar-refractivity contribution in [3.8, 4) is 6.07 Å². The van der Waals surface area contributed by atoms with Gasteiger partial charge in [-0.3, -0.25) is 10.1 Å². The Labute approximate surface area is 120 Å². The van der Waals surface area contributed by atoms with Crippen LogP contribution in [0.2, 0.25) is 0 Å². The third kappa shape index (κ3) is 3.01. The topological polar surface area (TPSA) is 104 Å². The molecule has 1 saturated carbocycles. The fraction of sp³-hybridized carbons (Fsp3) is 0.417. The number of nitro groups is 1. The normalized spacial score (nSPS) is 14.9. The standard InChI is InChI=1S/C12H12FN3O4S/c13-10-3-1-4-11(12(10)16(17)18)21(19,20)15(8-2-7-14)9-5-6-9/h1,3-4,9H,2,5-6,8H2. The summed E-state index contributed by atoms with van der Waals surface area (Å²) in [4.78, 5) is 9.23. The van der Waals surface area contributed by atoms with Crippen molar-refractivity contribution in [1.82, 2.24) is 4.31 Å². The van der Waals surface area contributed by atoms with Gasteiger partial charge in [0, 0.05) is 19.0 Å². The predicted molar refractivity (Wildman–Crippen MR) is 70.2 cm³/mol. The average Bonchev–Trinajstić information content (AvgIpc) is 3.22. The van der Waals surface area contributed by atoms with Crippen LogP contribution in [0.15, 0.2) is 23.1 Å². The van der Waals surface area contributed by atoms with E-state index in [1.165, 1.54) is 0 Å². The molecule has 1 fully saturated rings. The summed E-state index contributed by atoms with van der Waals surface area (Å²) >= 11 is 0. The van der Waals surface area contributed by atoms with Crippen LogP contribution in [-0.4, -0.2) is 30.2 Å². The Hall–Kier alpha value is -2.05. The first kappa shape index (κ1) is 15.3. The van der Waals surface area contributed by atoms with Gasteiger partial charge in [-0.25, -0.2) is 8.42 Å². The Kier molecular flexibility index (Phi) is 4.20. The Morgan fingerprint density at radius 3 is 2.67 bits per heavy atom. The smallest absolute Gasteiger partial charge is 0.258 e. The van der Waals surface area contributed by atoms with Gasteiger partial charge in [-0.15, -0.1) is 0 Å². The molecule has 1 aromatic rings. The van der Waals surface area contributed by atoms with Gasteiger partial charge in [0.1, 0.15) is 0 Å². The van der Waals surface area contributed by atoms with Gasteiger partial charge in [-0.05, 0) is 25.0 Å². The number of benzene rings is 1. The van der Waals surface area contributed by atoms with Crippen LogP contribution >= 0.6 is 0 Å². The second kappa shape index (κ2) is 5.75. The molecule has 0 unspecified atom stereocenters. The molecule has 0 aromatic heterocycles. The number of halogens is 1. The van der Waals surface area contributed by atoms with Crippen molar-refractivity contribution < 1.29 is 17.7 Å². The molecule has 0 saturated heterocycles. The number of hydrogen-bond donors (Lipinski definition) is 0. The summed E-state index contributed by atoms with van der Waals surface area (Å²) in [6.45, 7) is -0.0584. The lowest BCUT2D eigenvalue weighted by molar-refractivity contribution is -0.390. The second-order valence-electron chi connectivity index (χ2n) is 4.60. The largest absolute Gasteiger partial charge is 0.324 e. The molecular weight excluding hydrogens is 301 g/mol. The van der Waals surface area contributed by atoms with E-state index < -0.39 is 31.3 Å². The number of nitriles is 1. The van der Waals surface area contributed by atoms with E-state index in [-0.39, 0.29) is 19.0 Å². The van der Waals surface area contributed by atoms with E-state index >= 15 is 0 Å². The van der Waals surface area contributed by atoms with E-state index in [0.29, 0.717) is 12.8 Å². The molecule has 1 aliphatic rings. The maximum absolute atomic E-state index is 13.6. The summed E-state index contributed by atoms with van der Waals surface area (Å²) in [5.74, 6) is -1.20. The highest BCUT2D eigenvalue weighted by molar-refractivity contribution is 7.89. The molecule has 1 aliphatic carbocycles. The van der Waals surface area contributed by atoms with Gasteiger partial charge < -0.3 is 0 Å². The molecule has 112 valence electrons. The van der Waals surface area contributed by atoms with Crippen molar-refractivity contribution in [3.63, 3.8) is 0 Å². The van der Waals surface area contributed by atoms with E-state index in [1.807, 2.05) is 6.07 Å². The SMILES string of the molecule is N#CCCN(C1CC1)S(=O)(=O)c1cccc(F)c1[N+](=O)[O-]. The molecule has 21 heavy (non-hydrogen) atoms. The summed E-state index contributed by atoms with van der Waals surface area (Å²) in [7, 11) is -4.21. The molecular formula is C12H12FN3O4S. The number of nitro benzene ring substituents is 1. The van der Waals surface area contributed by atoms with Gasteiger partial charge in [0.05, 0.1) is 11.0 Å². The van der Waals surface area contributed by atoms with Gasteiger partial charge >= 0.3 is 5.69 Å². The highest BCUT2D eigenvalue weighted by atomic mass is 32.2. The Morgan fingerprint density at radius 1 is 1.48 bits per heavy atom. The molecule has 0 amide bonds. The van der Waals surface area contributed by atoms with Crippen molar-refractivity contribution in [2.24, 2.45) is 0 Å². The predicted octanol–water partition coefficient (Wildman–Crippen LogP) is 1.80. The average molecular weight is 313 g/mol. The van der Waals surface area contributed by atoms with Gasteiger partial charge in [0.2, 0.25) is 15.8 Å². The van der Waals surface area contributed by atoms with E-state index in [0.717, 1.165) is 22.5 Å². The Morgan fingerprint density at radius 2 is 2.14 bits per heavy atom. The lowest BCUT2D eigenvalue weighted by atomic mass is 10.3. The van der Waals surface area contributed by atoms with Crippen LogP contribution in [0.5, 0.6) is 0 Å². The summed E-state index contributed by atoms with van der Waals surface area (Å²) in [6.07, 6.45) is 1.24. The molecule has 0 spiro atoms. The molecule has 7 nitrogen and oxygen atoms in total. The highest BCUT2D eigenvalue weighted by Crippen LogP contribution is 2.35. The van der Waals surface area contributed by atoms with Crippen molar-refractivity contribution in [2.45, 2.75) is 30.2 Å². The quantitative estimate of drug-likeness (QED) is 0.588. The minimum atomic E-state index is -4.21. The fourth-order valence-electron chi connectivity index (χ4n) is 2.03. The molecule has 0 bridgehead atoms. The van der Waals surface area contributed by atoms with Crippen molar-refractivity contribution >= 4 is 15.7 Å². The lowest BCUT2D eigenvalue weighted by Gasteiger charge is -2.20. The maximum atomic E-state index is 13.6. The number of nitrogens with zero attached hydrogens (tertiary/aromatic N) is 3. The molecule has 0 heterocycles. The highest BCUT2D eigenvalue weighted by Gasteiger charge is 2.41. The molecule has 9 heteroatoms. The number of sulfonamides is 1. The first-order valence-corrected chi connectivity index (χ1v) is 7.65. The van der Waals surface area contributed by atoms with Crippen LogP contribution in [0.1, 0.15) is 19.3 Å². The molecule has 0 atom stereocenters. The van der Waals surface area contributed by atoms with Crippen LogP contribution in [0.3, 0.4) is 0 Å². The molecule has 0 radical (unpaired) electrons. The van der Waals surface area contributed by atoms with Gasteiger partial charge in [-0.2, -0.15) is 14.0 Å². The zero-order valence-electron chi connectivity index (χ0n) is 10.9. The van der Waals surface area contributed by atoms with Gasteiger partial charge in [0.25, 0.3) is 0 Å². The van der Waals surface area contributed by atoms with Crippen LogP contribution in [0.4, 0.5) is 10.1 Å². The van der Waals surface area contributed by atoms with Gasteiger partial charge in [-0.1, -0.05) is 6.07 Å². The minimum absolute atomic E-state index is 0.0289. The minimum Gasteiger partial charge on any atom is -0.258 e. The monoisotopic (exact) mass is 313 g/mol. The lowest BCUT2D eigenvalue weighted by Crippen LogP contribution is -2.34. The third-order valence-corrected chi connectivity index (χ3v) is 5.10.